The van der Waals surface area contributed by atoms with E-state index in [-0.39, 0.29) is 23.9 Å². The molecule has 1 saturated heterocycles. The highest BCUT2D eigenvalue weighted by Gasteiger charge is 2.25. The molecule has 1 aromatic heterocycles. The second kappa shape index (κ2) is 10.6. The molecule has 3 rings (SSSR count). The van der Waals surface area contributed by atoms with E-state index in [1.807, 2.05) is 32.2 Å². The summed E-state index contributed by atoms with van der Waals surface area (Å²) >= 11 is 13.2. The third kappa shape index (κ3) is 5.80. The molecule has 8 heteroatoms. The molecule has 0 spiro atoms. The number of halogens is 2. The summed E-state index contributed by atoms with van der Waals surface area (Å²) in [4.78, 5) is 32.5. The summed E-state index contributed by atoms with van der Waals surface area (Å²) in [6.07, 6.45) is 5.62. The summed E-state index contributed by atoms with van der Waals surface area (Å²) in [7, 11) is 3.94. The normalized spacial score (nSPS) is 15.9. The van der Waals surface area contributed by atoms with Crippen molar-refractivity contribution < 1.29 is 9.59 Å². The van der Waals surface area contributed by atoms with Gasteiger partial charge in [0.15, 0.2) is 0 Å². The number of aromatic nitrogens is 1. The van der Waals surface area contributed by atoms with Gasteiger partial charge in [-0.15, -0.1) is 0 Å². The Morgan fingerprint density at radius 3 is 2.56 bits per heavy atom. The molecule has 1 fully saturated rings. The number of hydrogen-bond donors (Lipinski definition) is 1. The lowest BCUT2D eigenvalue weighted by atomic mass is 10.00. The zero-order chi connectivity index (χ0) is 23.4. The van der Waals surface area contributed by atoms with Gasteiger partial charge in [-0.25, -0.2) is 4.79 Å². The Hall–Kier alpha value is -2.15. The van der Waals surface area contributed by atoms with E-state index in [9.17, 15) is 9.59 Å². The van der Waals surface area contributed by atoms with Crippen molar-refractivity contribution in [3.8, 4) is 11.1 Å². The predicted molar refractivity (Wildman–Crippen MR) is 129 cm³/mol. The summed E-state index contributed by atoms with van der Waals surface area (Å²) < 4.78 is 0. The number of rotatable bonds is 6. The average Bonchev–Trinajstić information content (AvgIpc) is 2.75. The third-order valence-corrected chi connectivity index (χ3v) is 6.93. The lowest BCUT2D eigenvalue weighted by Crippen LogP contribution is -2.48. The first kappa shape index (κ1) is 24.5. The van der Waals surface area contributed by atoms with E-state index in [2.05, 4.69) is 22.2 Å². The van der Waals surface area contributed by atoms with Gasteiger partial charge in [0.2, 0.25) is 0 Å². The standard InChI is InChI=1S/C24H30Cl2N4O2/c1-15(31)11-17-12-18(14-27-13-17)21-6-5-20(22(25)23(21)26)16(2)28-24(32)30(4)19-7-9-29(3)10-8-19/h5-6,12-14,16,19H,7-11H2,1-4H3,(H,28,32). The second-order valence-electron chi connectivity index (χ2n) is 8.61. The summed E-state index contributed by atoms with van der Waals surface area (Å²) in [5.74, 6) is 0.0678. The van der Waals surface area contributed by atoms with E-state index in [0.29, 0.717) is 16.5 Å². The number of nitrogens with one attached hydrogen (secondary N) is 1. The SMILES string of the molecule is CC(=O)Cc1cncc(-c2ccc(C(C)NC(=O)N(C)C3CCN(C)CC3)c(Cl)c2Cl)c1. The van der Waals surface area contributed by atoms with Crippen LogP contribution in [0.15, 0.2) is 30.6 Å². The number of amides is 2. The number of likely N-dealkylation sites (tertiary alicyclic amines) is 1. The van der Waals surface area contributed by atoms with Crippen LogP contribution in [0.3, 0.4) is 0 Å². The molecule has 172 valence electrons. The maximum absolute atomic E-state index is 12.8. The van der Waals surface area contributed by atoms with Crippen molar-refractivity contribution in [2.24, 2.45) is 0 Å². The number of hydrogen-bond acceptors (Lipinski definition) is 4. The molecule has 32 heavy (non-hydrogen) atoms. The lowest BCUT2D eigenvalue weighted by Gasteiger charge is -2.35. The smallest absolute Gasteiger partial charge is 0.317 e. The maximum atomic E-state index is 12.8. The van der Waals surface area contributed by atoms with Gasteiger partial charge in [-0.2, -0.15) is 0 Å². The van der Waals surface area contributed by atoms with Crippen LogP contribution in [0.1, 0.15) is 43.9 Å². The number of benzene rings is 1. The Kier molecular flexibility index (Phi) is 8.15. The predicted octanol–water partition coefficient (Wildman–Crippen LogP) is 4.98. The van der Waals surface area contributed by atoms with Crippen molar-refractivity contribution in [3.05, 3.63) is 51.8 Å². The van der Waals surface area contributed by atoms with E-state index in [1.54, 1.807) is 24.2 Å². The van der Waals surface area contributed by atoms with Gasteiger partial charge < -0.3 is 15.1 Å². The summed E-state index contributed by atoms with van der Waals surface area (Å²) in [5.41, 5.74) is 3.10. The van der Waals surface area contributed by atoms with Gasteiger partial charge in [0.05, 0.1) is 16.1 Å². The van der Waals surface area contributed by atoms with Crippen LogP contribution in [-0.2, 0) is 11.2 Å². The summed E-state index contributed by atoms with van der Waals surface area (Å²) in [6, 6.07) is 5.45. The molecule has 1 N–H and O–H groups in total. The molecule has 0 bridgehead atoms. The highest BCUT2D eigenvalue weighted by atomic mass is 35.5. The van der Waals surface area contributed by atoms with Gasteiger partial charge in [0, 0.05) is 43.0 Å². The first-order valence-corrected chi connectivity index (χ1v) is 11.6. The van der Waals surface area contributed by atoms with Crippen molar-refractivity contribution in [2.75, 3.05) is 27.2 Å². The average molecular weight is 477 g/mol. The molecule has 2 amide bonds. The summed E-state index contributed by atoms with van der Waals surface area (Å²) in [5, 5.41) is 3.84. The molecule has 2 heterocycles. The topological polar surface area (TPSA) is 65.5 Å². The Morgan fingerprint density at radius 1 is 1.22 bits per heavy atom. The number of pyridine rings is 1. The number of carbonyl (C=O) groups is 2. The largest absolute Gasteiger partial charge is 0.331 e. The molecular weight excluding hydrogens is 447 g/mol. The minimum absolute atomic E-state index is 0.0678. The van der Waals surface area contributed by atoms with Gasteiger partial charge >= 0.3 is 6.03 Å². The molecule has 1 aromatic carbocycles. The molecule has 1 aliphatic heterocycles. The number of piperidine rings is 1. The zero-order valence-corrected chi connectivity index (χ0v) is 20.5. The fraction of sp³-hybridized carbons (Fsp3) is 0.458. The quantitative estimate of drug-likeness (QED) is 0.637. The third-order valence-electron chi connectivity index (χ3n) is 6.03. The van der Waals surface area contributed by atoms with Crippen molar-refractivity contribution in [2.45, 2.75) is 45.2 Å². The van der Waals surface area contributed by atoms with Gasteiger partial charge in [0.25, 0.3) is 0 Å². The Labute approximate surface area is 199 Å². The van der Waals surface area contributed by atoms with Gasteiger partial charge in [-0.05, 0) is 64.0 Å². The van der Waals surface area contributed by atoms with Crippen molar-refractivity contribution >= 4 is 35.0 Å². The van der Waals surface area contributed by atoms with Crippen LogP contribution in [0.2, 0.25) is 10.0 Å². The summed E-state index contributed by atoms with van der Waals surface area (Å²) in [6.45, 7) is 5.42. The molecule has 2 aromatic rings. The molecule has 1 atom stereocenters. The Morgan fingerprint density at radius 2 is 1.91 bits per heavy atom. The van der Waals surface area contributed by atoms with Crippen LogP contribution in [0.5, 0.6) is 0 Å². The zero-order valence-electron chi connectivity index (χ0n) is 19.0. The van der Waals surface area contributed by atoms with Crippen LogP contribution in [-0.4, -0.2) is 59.8 Å². The van der Waals surface area contributed by atoms with Crippen LogP contribution in [0.4, 0.5) is 4.79 Å². The Bertz CT molecular complexity index is 990. The minimum Gasteiger partial charge on any atom is -0.331 e. The lowest BCUT2D eigenvalue weighted by molar-refractivity contribution is -0.116. The highest BCUT2D eigenvalue weighted by Crippen LogP contribution is 2.38. The molecule has 6 nitrogen and oxygen atoms in total. The number of Topliss-reactive ketones (excluding diaryl/α,β-unsaturated/α-hetero) is 1. The molecular formula is C24H30Cl2N4O2. The molecule has 0 radical (unpaired) electrons. The maximum Gasteiger partial charge on any atom is 0.317 e. The van der Waals surface area contributed by atoms with E-state index in [4.69, 9.17) is 23.2 Å². The number of nitrogens with zero attached hydrogens (tertiary/aromatic N) is 3. The molecule has 0 saturated carbocycles. The Balaban J connectivity index is 1.74. The van der Waals surface area contributed by atoms with Crippen LogP contribution < -0.4 is 5.32 Å². The van der Waals surface area contributed by atoms with Crippen molar-refractivity contribution in [3.63, 3.8) is 0 Å². The van der Waals surface area contributed by atoms with Crippen molar-refractivity contribution in [1.29, 1.82) is 0 Å². The number of carbonyl (C=O) groups excluding carboxylic acids is 2. The van der Waals surface area contributed by atoms with E-state index in [0.717, 1.165) is 48.2 Å². The van der Waals surface area contributed by atoms with Gasteiger partial charge in [0.1, 0.15) is 5.78 Å². The molecule has 1 unspecified atom stereocenters. The first-order valence-electron chi connectivity index (χ1n) is 10.8. The number of ketones is 1. The van der Waals surface area contributed by atoms with Crippen LogP contribution in [0, 0.1) is 0 Å². The van der Waals surface area contributed by atoms with E-state index < -0.39 is 0 Å². The molecule has 1 aliphatic rings. The fourth-order valence-electron chi connectivity index (χ4n) is 4.05. The van der Waals surface area contributed by atoms with Crippen LogP contribution >= 0.6 is 23.2 Å². The fourth-order valence-corrected chi connectivity index (χ4v) is 4.66. The van der Waals surface area contributed by atoms with E-state index in [1.165, 1.54) is 0 Å². The van der Waals surface area contributed by atoms with Crippen molar-refractivity contribution in [1.82, 2.24) is 20.1 Å². The second-order valence-corrected chi connectivity index (χ2v) is 9.36. The molecule has 0 aliphatic carbocycles. The first-order chi connectivity index (χ1) is 15.2. The minimum atomic E-state index is -0.308. The van der Waals surface area contributed by atoms with E-state index >= 15 is 0 Å². The van der Waals surface area contributed by atoms with Gasteiger partial charge in [-0.1, -0.05) is 35.3 Å². The van der Waals surface area contributed by atoms with Crippen LogP contribution in [0.25, 0.3) is 11.1 Å². The van der Waals surface area contributed by atoms with Gasteiger partial charge in [-0.3, -0.25) is 9.78 Å². The number of urea groups is 1. The monoisotopic (exact) mass is 476 g/mol. The highest BCUT2D eigenvalue weighted by molar-refractivity contribution is 6.44.